The number of nitrogens with zero attached hydrogens (tertiary/aromatic N) is 1. The van der Waals surface area contributed by atoms with Gasteiger partial charge in [-0.15, -0.1) is 0 Å². The Morgan fingerprint density at radius 2 is 1.57 bits per heavy atom. The lowest BCUT2D eigenvalue weighted by Crippen LogP contribution is -2.39. The van der Waals surface area contributed by atoms with E-state index < -0.39 is 41.1 Å². The van der Waals surface area contributed by atoms with E-state index in [-0.39, 0.29) is 58.4 Å². The van der Waals surface area contributed by atoms with Crippen LogP contribution in [0.1, 0.15) is 47.2 Å². The Morgan fingerprint density at radius 1 is 0.864 bits per heavy atom. The van der Waals surface area contributed by atoms with Crippen LogP contribution in [0.3, 0.4) is 0 Å². The molecule has 3 aliphatic carbocycles. The summed E-state index contributed by atoms with van der Waals surface area (Å²) < 4.78 is 14.6. The second kappa shape index (κ2) is 10.2. The molecule has 7 nitrogen and oxygen atoms in total. The van der Waals surface area contributed by atoms with Gasteiger partial charge in [0.2, 0.25) is 11.8 Å². The van der Waals surface area contributed by atoms with Crippen molar-refractivity contribution in [1.82, 2.24) is 0 Å². The van der Waals surface area contributed by atoms with Crippen LogP contribution in [-0.2, 0) is 19.2 Å². The van der Waals surface area contributed by atoms with Gasteiger partial charge >= 0.3 is 0 Å². The van der Waals surface area contributed by atoms with Crippen LogP contribution in [0.25, 0.3) is 0 Å². The van der Waals surface area contributed by atoms with Gasteiger partial charge in [0.15, 0.2) is 28.9 Å². The van der Waals surface area contributed by atoms with Gasteiger partial charge in [-0.05, 0) is 62.1 Å². The highest BCUT2D eigenvalue weighted by Gasteiger charge is 2.56. The fourth-order valence-corrected chi connectivity index (χ4v) is 7.25. The number of hydrogen-bond donors (Lipinski definition) is 1. The van der Waals surface area contributed by atoms with E-state index in [1.807, 2.05) is 12.1 Å². The van der Waals surface area contributed by atoms with Crippen molar-refractivity contribution in [3.8, 4) is 5.75 Å². The lowest BCUT2D eigenvalue weighted by Gasteiger charge is -2.42. The molecule has 1 heterocycles. The Hall–Kier alpha value is -5.24. The number of amides is 2. The fraction of sp³-hybridized carbons (Fsp3) is 0.194. The first-order valence-electron chi connectivity index (χ1n) is 14.4. The quantitative estimate of drug-likeness (QED) is 0.190. The van der Waals surface area contributed by atoms with Gasteiger partial charge in [-0.25, -0.2) is 4.39 Å². The molecule has 0 radical (unpaired) electrons. The molecule has 0 unspecified atom stereocenters. The highest BCUT2D eigenvalue weighted by Crippen LogP contribution is 2.56. The molecule has 1 saturated heterocycles. The maximum absolute atomic E-state index is 14.6. The Balaban J connectivity index is 1.27. The zero-order chi connectivity index (χ0) is 30.9. The summed E-state index contributed by atoms with van der Waals surface area (Å²) in [5.41, 5.74) is 2.66. The lowest BCUT2D eigenvalue weighted by atomic mass is 9.59. The molecule has 7 rings (SSSR count). The minimum Gasteiger partial charge on any atom is -0.505 e. The molecule has 1 N–H and O–H groups in total. The third-order valence-corrected chi connectivity index (χ3v) is 9.32. The predicted octanol–water partition coefficient (Wildman–Crippen LogP) is 5.40. The maximum Gasteiger partial charge on any atom is 0.238 e. The zero-order valence-corrected chi connectivity index (χ0v) is 23.6. The molecular weight excluding hydrogens is 561 g/mol. The molecule has 8 heteroatoms. The molecule has 218 valence electrons. The molecule has 2 amide bonds. The minimum absolute atomic E-state index is 0.0701. The van der Waals surface area contributed by atoms with Gasteiger partial charge in [0.1, 0.15) is 0 Å². The van der Waals surface area contributed by atoms with Crippen molar-refractivity contribution in [2.24, 2.45) is 17.8 Å². The van der Waals surface area contributed by atoms with Crippen LogP contribution in [0.5, 0.6) is 5.75 Å². The summed E-state index contributed by atoms with van der Waals surface area (Å²) in [6.45, 7) is 1.54. The van der Waals surface area contributed by atoms with Crippen LogP contribution in [-0.4, -0.2) is 34.3 Å². The average molecular weight is 588 g/mol. The van der Waals surface area contributed by atoms with Crippen LogP contribution < -0.4 is 4.90 Å². The van der Waals surface area contributed by atoms with Gasteiger partial charge in [0.05, 0.1) is 17.5 Å². The number of hydrogen-bond acceptors (Lipinski definition) is 6. The molecule has 1 fully saturated rings. The molecule has 4 aliphatic rings. The van der Waals surface area contributed by atoms with Crippen LogP contribution in [0, 0.1) is 23.6 Å². The van der Waals surface area contributed by atoms with Crippen molar-refractivity contribution in [1.29, 1.82) is 0 Å². The standard InChI is InChI=1S/C36H26FNO6/c1-18-16-28(39)26-17-25-22(29(31(26)32(18)40)23-8-5-9-27(37)34(23)42)14-15-24-30(25)36(44)38(35(24)43)21-12-10-20(11-13-21)33(41)19-6-3-2-4-7-19/h2-14,16,24-25,29-30,42H,15,17H2,1H3/t24-,25+,29+,30-/m0/s1. The van der Waals surface area contributed by atoms with E-state index in [1.54, 1.807) is 55.5 Å². The van der Waals surface area contributed by atoms with E-state index in [9.17, 15) is 33.5 Å². The van der Waals surface area contributed by atoms with Crippen LogP contribution in [0.15, 0.2) is 107 Å². The van der Waals surface area contributed by atoms with Crippen LogP contribution >= 0.6 is 0 Å². The average Bonchev–Trinajstić information content (AvgIpc) is 3.29. The third-order valence-electron chi connectivity index (χ3n) is 9.32. The Morgan fingerprint density at radius 3 is 2.30 bits per heavy atom. The summed E-state index contributed by atoms with van der Waals surface area (Å²) in [6, 6.07) is 19.1. The number of imide groups is 1. The number of ketones is 3. The highest BCUT2D eigenvalue weighted by molar-refractivity contribution is 6.25. The Bertz CT molecular complexity index is 1900. The largest absolute Gasteiger partial charge is 0.505 e. The number of phenols is 1. The number of fused-ring (bicyclic) bond motifs is 3. The topological polar surface area (TPSA) is 109 Å². The van der Waals surface area contributed by atoms with Crippen molar-refractivity contribution >= 4 is 34.9 Å². The second-order valence-electron chi connectivity index (χ2n) is 11.7. The number of carbonyl (C=O) groups is 5. The van der Waals surface area contributed by atoms with Crippen molar-refractivity contribution < 1.29 is 33.5 Å². The van der Waals surface area contributed by atoms with Gasteiger partial charge in [-0.3, -0.25) is 28.9 Å². The number of phenolic OH excluding ortho intramolecular Hbond substituents is 1. The number of benzene rings is 3. The third kappa shape index (κ3) is 4.05. The first-order chi connectivity index (χ1) is 21.2. The number of allylic oxidation sites excluding steroid dienone is 6. The maximum atomic E-state index is 14.6. The monoisotopic (exact) mass is 587 g/mol. The first kappa shape index (κ1) is 27.6. The number of para-hydroxylation sites is 1. The van der Waals surface area contributed by atoms with E-state index in [4.69, 9.17) is 0 Å². The summed E-state index contributed by atoms with van der Waals surface area (Å²) in [7, 11) is 0. The summed E-state index contributed by atoms with van der Waals surface area (Å²) >= 11 is 0. The van der Waals surface area contributed by atoms with Gasteiger partial charge in [0.25, 0.3) is 0 Å². The highest BCUT2D eigenvalue weighted by atomic mass is 19.1. The normalized spacial score (nSPS) is 24.5. The lowest BCUT2D eigenvalue weighted by molar-refractivity contribution is -0.123. The molecule has 0 spiro atoms. The van der Waals surface area contributed by atoms with Crippen LogP contribution in [0.2, 0.25) is 0 Å². The van der Waals surface area contributed by atoms with Crippen LogP contribution in [0.4, 0.5) is 10.1 Å². The number of aromatic hydroxyl groups is 1. The first-order valence-corrected chi connectivity index (χ1v) is 14.4. The zero-order valence-electron chi connectivity index (χ0n) is 23.6. The van der Waals surface area contributed by atoms with Gasteiger partial charge in [-0.2, -0.15) is 0 Å². The second-order valence-corrected chi connectivity index (χ2v) is 11.7. The summed E-state index contributed by atoms with van der Waals surface area (Å²) in [6.07, 6.45) is 3.35. The molecule has 3 aromatic rings. The number of halogens is 1. The van der Waals surface area contributed by atoms with E-state index in [2.05, 4.69) is 0 Å². The fourth-order valence-electron chi connectivity index (χ4n) is 7.25. The smallest absolute Gasteiger partial charge is 0.238 e. The summed E-state index contributed by atoms with van der Waals surface area (Å²) in [4.78, 5) is 68.6. The SMILES string of the molecule is CC1=CC(=O)C2=C(C1=O)[C@@H](c1cccc(F)c1O)C1=CC[C@@H]3C(=O)N(c4ccc(C(=O)c5ccccc5)cc4)C(=O)[C@@H]3[C@@H]1C2. The molecule has 1 aliphatic heterocycles. The van der Waals surface area contributed by atoms with E-state index in [0.29, 0.717) is 22.4 Å². The van der Waals surface area contributed by atoms with Crippen molar-refractivity contribution in [3.63, 3.8) is 0 Å². The molecule has 3 aromatic carbocycles. The molecule has 0 aromatic heterocycles. The molecule has 0 bridgehead atoms. The molecule has 4 atom stereocenters. The number of anilines is 1. The number of rotatable bonds is 4. The Kier molecular flexibility index (Phi) is 6.39. The predicted molar refractivity (Wildman–Crippen MR) is 158 cm³/mol. The van der Waals surface area contributed by atoms with E-state index in [1.165, 1.54) is 18.2 Å². The molecule has 44 heavy (non-hydrogen) atoms. The minimum atomic E-state index is -0.944. The molecule has 0 saturated carbocycles. The Labute approximate surface area is 252 Å². The summed E-state index contributed by atoms with van der Waals surface area (Å²) in [5.74, 6) is -6.32. The number of Topliss-reactive ketones (excluding diaryl/α,β-unsaturated/α-hetero) is 1. The van der Waals surface area contributed by atoms with Gasteiger partial charge < -0.3 is 5.11 Å². The molecular formula is C36H26FNO6. The van der Waals surface area contributed by atoms with Gasteiger partial charge in [-0.1, -0.05) is 54.1 Å². The van der Waals surface area contributed by atoms with Gasteiger partial charge in [0, 0.05) is 39.3 Å². The van der Waals surface area contributed by atoms with Crippen molar-refractivity contribution in [3.05, 3.63) is 130 Å². The van der Waals surface area contributed by atoms with E-state index in [0.717, 1.165) is 11.0 Å². The summed E-state index contributed by atoms with van der Waals surface area (Å²) in [5, 5.41) is 10.8. The number of carbonyl (C=O) groups excluding carboxylic acids is 5. The van der Waals surface area contributed by atoms with Crippen molar-refractivity contribution in [2.45, 2.75) is 25.7 Å². The van der Waals surface area contributed by atoms with Crippen molar-refractivity contribution in [2.75, 3.05) is 4.90 Å². The van der Waals surface area contributed by atoms with E-state index >= 15 is 0 Å².